The zero-order valence-electron chi connectivity index (χ0n) is 17.0. The van der Waals surface area contributed by atoms with Gasteiger partial charge < -0.3 is 10.1 Å². The van der Waals surface area contributed by atoms with E-state index in [2.05, 4.69) is 10.2 Å². The number of thiophene rings is 1. The second-order valence-corrected chi connectivity index (χ2v) is 9.05. The molecule has 5 rings (SSSR count). The van der Waals surface area contributed by atoms with Crippen LogP contribution in [0.2, 0.25) is 0 Å². The van der Waals surface area contributed by atoms with E-state index in [1.807, 2.05) is 0 Å². The van der Waals surface area contributed by atoms with Gasteiger partial charge in [-0.2, -0.15) is 13.2 Å². The molecule has 1 N–H and O–H groups in total. The predicted molar refractivity (Wildman–Crippen MR) is 114 cm³/mol. The van der Waals surface area contributed by atoms with Crippen molar-refractivity contribution in [3.8, 4) is 0 Å². The Labute approximate surface area is 182 Å². The molecule has 0 radical (unpaired) electrons. The van der Waals surface area contributed by atoms with E-state index < -0.39 is 11.7 Å². The fourth-order valence-electron chi connectivity index (χ4n) is 4.24. The van der Waals surface area contributed by atoms with Crippen molar-refractivity contribution < 1.29 is 17.9 Å². The molecule has 0 unspecified atom stereocenters. The highest BCUT2D eigenvalue weighted by Crippen LogP contribution is 2.40. The number of aromatic nitrogens is 2. The fraction of sp³-hybridized carbons (Fsp3) is 0.455. The summed E-state index contributed by atoms with van der Waals surface area (Å²) in [5, 5.41) is 4.36. The average Bonchev–Trinajstić information content (AvgIpc) is 3.33. The minimum Gasteiger partial charge on any atom is -0.379 e. The first-order valence-electron chi connectivity index (χ1n) is 10.5. The van der Waals surface area contributed by atoms with E-state index in [0.29, 0.717) is 25.3 Å². The lowest BCUT2D eigenvalue weighted by Crippen LogP contribution is -2.36. The summed E-state index contributed by atoms with van der Waals surface area (Å²) >= 11 is 1.72. The first-order chi connectivity index (χ1) is 15.0. The maximum absolute atomic E-state index is 13.1. The summed E-state index contributed by atoms with van der Waals surface area (Å²) in [5.74, 6) is 1.46. The smallest absolute Gasteiger partial charge is 0.379 e. The van der Waals surface area contributed by atoms with E-state index in [1.165, 1.54) is 22.6 Å². The molecular weight excluding hydrogens is 425 g/mol. The molecule has 0 saturated carbocycles. The van der Waals surface area contributed by atoms with Crippen LogP contribution >= 0.6 is 11.3 Å². The van der Waals surface area contributed by atoms with Crippen molar-refractivity contribution in [2.45, 2.75) is 38.5 Å². The van der Waals surface area contributed by atoms with Gasteiger partial charge in [0.05, 0.1) is 30.7 Å². The Balaban J connectivity index is 1.44. The lowest BCUT2D eigenvalue weighted by Gasteiger charge is -2.25. The Morgan fingerprint density at radius 1 is 1.13 bits per heavy atom. The van der Waals surface area contributed by atoms with Gasteiger partial charge in [-0.05, 0) is 42.5 Å². The number of nitrogens with one attached hydrogen (secondary N) is 1. The second kappa shape index (κ2) is 8.37. The predicted octanol–water partition coefficient (Wildman–Crippen LogP) is 4.64. The fourth-order valence-corrected chi connectivity index (χ4v) is 5.52. The van der Waals surface area contributed by atoms with E-state index in [0.717, 1.165) is 60.3 Å². The number of halogens is 3. The average molecular weight is 449 g/mol. The van der Waals surface area contributed by atoms with Crippen molar-refractivity contribution in [3.63, 3.8) is 0 Å². The minimum atomic E-state index is -4.35. The van der Waals surface area contributed by atoms with E-state index in [-0.39, 0.29) is 6.54 Å². The molecule has 2 aromatic heterocycles. The van der Waals surface area contributed by atoms with Gasteiger partial charge in [-0.25, -0.2) is 9.97 Å². The molecule has 0 bridgehead atoms. The quantitative estimate of drug-likeness (QED) is 0.616. The molecule has 5 nitrogen and oxygen atoms in total. The summed E-state index contributed by atoms with van der Waals surface area (Å²) in [7, 11) is 0. The number of aryl methyl sites for hydroxylation is 2. The lowest BCUT2D eigenvalue weighted by molar-refractivity contribution is -0.137. The molecule has 31 heavy (non-hydrogen) atoms. The zero-order valence-corrected chi connectivity index (χ0v) is 17.8. The van der Waals surface area contributed by atoms with Crippen LogP contribution in [-0.4, -0.2) is 41.2 Å². The van der Waals surface area contributed by atoms with Gasteiger partial charge in [0.1, 0.15) is 16.5 Å². The van der Waals surface area contributed by atoms with Crippen LogP contribution < -0.4 is 5.32 Å². The maximum Gasteiger partial charge on any atom is 0.416 e. The number of alkyl halides is 3. The Bertz CT molecular complexity index is 1090. The SMILES string of the molecule is FC(F)(F)c1cccc(CNc2nc(CN3CCOCC3)nc3sc4c(c23)CCC4)c1. The Kier molecular flexibility index (Phi) is 5.58. The van der Waals surface area contributed by atoms with Gasteiger partial charge in [-0.15, -0.1) is 11.3 Å². The number of hydrogen-bond donors (Lipinski definition) is 1. The van der Waals surface area contributed by atoms with Gasteiger partial charge in [-0.1, -0.05) is 12.1 Å². The van der Waals surface area contributed by atoms with Gasteiger partial charge in [-0.3, -0.25) is 4.90 Å². The maximum atomic E-state index is 13.1. The molecule has 1 saturated heterocycles. The molecular formula is C22H23F3N4OS. The van der Waals surface area contributed by atoms with E-state index in [9.17, 15) is 13.2 Å². The molecule has 3 heterocycles. The molecule has 1 aliphatic carbocycles. The van der Waals surface area contributed by atoms with Crippen molar-refractivity contribution in [1.29, 1.82) is 0 Å². The third kappa shape index (κ3) is 4.40. The first kappa shape index (κ1) is 20.7. The number of fused-ring (bicyclic) bond motifs is 3. The van der Waals surface area contributed by atoms with E-state index in [4.69, 9.17) is 14.7 Å². The van der Waals surface area contributed by atoms with Gasteiger partial charge in [0.15, 0.2) is 0 Å². The topological polar surface area (TPSA) is 50.3 Å². The Morgan fingerprint density at radius 2 is 1.97 bits per heavy atom. The number of ether oxygens (including phenoxy) is 1. The van der Waals surface area contributed by atoms with E-state index in [1.54, 1.807) is 17.4 Å². The van der Waals surface area contributed by atoms with Crippen LogP contribution in [0.25, 0.3) is 10.2 Å². The summed E-state index contributed by atoms with van der Waals surface area (Å²) in [4.78, 5) is 14.2. The lowest BCUT2D eigenvalue weighted by atomic mass is 10.1. The number of benzene rings is 1. The van der Waals surface area contributed by atoms with Crippen LogP contribution in [0, 0.1) is 0 Å². The zero-order chi connectivity index (χ0) is 21.4. The van der Waals surface area contributed by atoms with Gasteiger partial charge >= 0.3 is 6.18 Å². The second-order valence-electron chi connectivity index (χ2n) is 7.97. The summed E-state index contributed by atoms with van der Waals surface area (Å²) in [6.07, 6.45) is -1.17. The number of anilines is 1. The molecule has 2 aliphatic rings. The highest BCUT2D eigenvalue weighted by atomic mass is 32.1. The number of morpholine rings is 1. The van der Waals surface area contributed by atoms with Crippen LogP contribution in [-0.2, 0) is 36.8 Å². The van der Waals surface area contributed by atoms with Crippen molar-refractivity contribution in [2.75, 3.05) is 31.6 Å². The van der Waals surface area contributed by atoms with Crippen LogP contribution in [0.4, 0.5) is 19.0 Å². The van der Waals surface area contributed by atoms with Gasteiger partial charge in [0, 0.05) is 24.5 Å². The third-order valence-corrected chi connectivity index (χ3v) is 6.98. The molecule has 0 atom stereocenters. The van der Waals surface area contributed by atoms with Crippen LogP contribution in [0.3, 0.4) is 0 Å². The molecule has 3 aromatic rings. The van der Waals surface area contributed by atoms with Crippen LogP contribution in [0.5, 0.6) is 0 Å². The minimum absolute atomic E-state index is 0.275. The van der Waals surface area contributed by atoms with E-state index >= 15 is 0 Å². The number of nitrogens with zero attached hydrogens (tertiary/aromatic N) is 3. The summed E-state index contributed by atoms with van der Waals surface area (Å²) < 4.78 is 44.6. The van der Waals surface area contributed by atoms with Crippen LogP contribution in [0.15, 0.2) is 24.3 Å². The Hall–Kier alpha value is -2.23. The van der Waals surface area contributed by atoms with Crippen molar-refractivity contribution in [2.24, 2.45) is 0 Å². The molecule has 164 valence electrons. The van der Waals surface area contributed by atoms with Crippen molar-refractivity contribution >= 4 is 27.4 Å². The van der Waals surface area contributed by atoms with Gasteiger partial charge in [0.2, 0.25) is 0 Å². The van der Waals surface area contributed by atoms with Crippen LogP contribution in [0.1, 0.15) is 33.8 Å². The highest BCUT2D eigenvalue weighted by Gasteiger charge is 2.30. The molecule has 1 aliphatic heterocycles. The van der Waals surface area contributed by atoms with Crippen molar-refractivity contribution in [3.05, 3.63) is 51.7 Å². The molecule has 0 spiro atoms. The number of hydrogen-bond acceptors (Lipinski definition) is 6. The number of rotatable bonds is 5. The summed E-state index contributed by atoms with van der Waals surface area (Å²) in [5.41, 5.74) is 1.23. The standard InChI is InChI=1S/C22H23F3N4OS/c23-22(24,25)15-4-1-3-14(11-15)12-26-20-19-16-5-2-6-17(16)31-21(19)28-18(27-20)13-29-7-9-30-10-8-29/h1,3-4,11H,2,5-10,12-13H2,(H,26,27,28). The molecule has 0 amide bonds. The Morgan fingerprint density at radius 3 is 2.77 bits per heavy atom. The molecule has 1 aromatic carbocycles. The van der Waals surface area contributed by atoms with Gasteiger partial charge in [0.25, 0.3) is 0 Å². The third-order valence-electron chi connectivity index (χ3n) is 5.79. The van der Waals surface area contributed by atoms with Crippen molar-refractivity contribution in [1.82, 2.24) is 14.9 Å². The summed E-state index contributed by atoms with van der Waals surface area (Å²) in [6, 6.07) is 5.44. The molecule has 1 fully saturated rings. The largest absolute Gasteiger partial charge is 0.416 e. The normalized spacial score (nSPS) is 17.3. The molecule has 9 heteroatoms. The summed E-state index contributed by atoms with van der Waals surface area (Å²) in [6.45, 7) is 4.01. The highest BCUT2D eigenvalue weighted by molar-refractivity contribution is 7.19. The monoisotopic (exact) mass is 448 g/mol. The first-order valence-corrected chi connectivity index (χ1v) is 11.3.